The van der Waals surface area contributed by atoms with Crippen molar-refractivity contribution in [1.29, 1.82) is 0 Å². The Kier molecular flexibility index (Phi) is 4.53. The van der Waals surface area contributed by atoms with Crippen LogP contribution in [0.5, 0.6) is 0 Å². The van der Waals surface area contributed by atoms with Crippen LogP contribution in [0.4, 0.5) is 0 Å². The third kappa shape index (κ3) is 3.28. The number of hydrogen-bond donors (Lipinski definition) is 3. The standard InChI is InChI=1S/C21H20N4O5/c1-10-15-13(26)8-21(2,3)9-14(15)30-17(10)20(29)25-24-19(28)16-11-6-4-5-7-12(11)18(27)23-22-16/h4-7H,8-9H2,1-3H3,(H,23,27)(H,24,28)(H,25,29). The van der Waals surface area contributed by atoms with Gasteiger partial charge in [0.2, 0.25) is 0 Å². The van der Waals surface area contributed by atoms with Gasteiger partial charge < -0.3 is 4.42 Å². The molecule has 0 unspecified atom stereocenters. The van der Waals surface area contributed by atoms with Crippen LogP contribution in [-0.2, 0) is 6.42 Å². The Morgan fingerprint density at radius 1 is 1.07 bits per heavy atom. The van der Waals surface area contributed by atoms with Gasteiger partial charge in [-0.05, 0) is 18.4 Å². The molecule has 0 saturated heterocycles. The van der Waals surface area contributed by atoms with Gasteiger partial charge in [-0.3, -0.25) is 30.0 Å². The number of amides is 2. The summed E-state index contributed by atoms with van der Waals surface area (Å²) in [5.41, 5.74) is 4.75. The lowest BCUT2D eigenvalue weighted by molar-refractivity contribution is 0.0825. The Hall–Kier alpha value is -3.75. The van der Waals surface area contributed by atoms with Crippen molar-refractivity contribution in [2.75, 3.05) is 0 Å². The summed E-state index contributed by atoms with van der Waals surface area (Å²) in [7, 11) is 0. The van der Waals surface area contributed by atoms with E-state index in [0.717, 1.165) is 0 Å². The van der Waals surface area contributed by atoms with Gasteiger partial charge in [0.1, 0.15) is 5.76 Å². The number of carbonyl (C=O) groups is 3. The lowest BCUT2D eigenvalue weighted by Crippen LogP contribution is -2.42. The molecule has 0 spiro atoms. The molecule has 154 valence electrons. The van der Waals surface area contributed by atoms with E-state index in [-0.39, 0.29) is 22.7 Å². The molecule has 30 heavy (non-hydrogen) atoms. The number of nitrogens with one attached hydrogen (secondary N) is 3. The highest BCUT2D eigenvalue weighted by Crippen LogP contribution is 2.38. The molecular formula is C21H20N4O5. The first-order chi connectivity index (χ1) is 14.2. The molecule has 1 aliphatic rings. The fourth-order valence-electron chi connectivity index (χ4n) is 3.82. The molecule has 1 aliphatic carbocycles. The second-order valence-electron chi connectivity index (χ2n) is 8.15. The number of carbonyl (C=O) groups excluding carboxylic acids is 3. The van der Waals surface area contributed by atoms with Crippen LogP contribution < -0.4 is 16.4 Å². The van der Waals surface area contributed by atoms with Crippen molar-refractivity contribution in [2.45, 2.75) is 33.6 Å². The van der Waals surface area contributed by atoms with Gasteiger partial charge in [-0.15, -0.1) is 0 Å². The first kappa shape index (κ1) is 19.6. The van der Waals surface area contributed by atoms with Crippen LogP contribution in [0.1, 0.15) is 63.0 Å². The van der Waals surface area contributed by atoms with Gasteiger partial charge in [0, 0.05) is 23.8 Å². The molecule has 2 amide bonds. The van der Waals surface area contributed by atoms with Gasteiger partial charge in [-0.1, -0.05) is 32.0 Å². The topological polar surface area (TPSA) is 134 Å². The highest BCUT2D eigenvalue weighted by atomic mass is 16.4. The van der Waals surface area contributed by atoms with Crippen LogP contribution in [0.2, 0.25) is 0 Å². The van der Waals surface area contributed by atoms with E-state index < -0.39 is 17.4 Å². The highest BCUT2D eigenvalue weighted by Gasteiger charge is 2.37. The average Bonchev–Trinajstić information content (AvgIpc) is 3.01. The Bertz CT molecular complexity index is 1270. The Balaban J connectivity index is 1.55. The molecule has 0 atom stereocenters. The van der Waals surface area contributed by atoms with Gasteiger partial charge in [0.15, 0.2) is 17.2 Å². The number of fused-ring (bicyclic) bond motifs is 2. The second kappa shape index (κ2) is 6.94. The van der Waals surface area contributed by atoms with Crippen molar-refractivity contribution >= 4 is 28.4 Å². The molecule has 2 aromatic heterocycles. The third-order valence-corrected chi connectivity index (χ3v) is 5.18. The number of hydrogen-bond acceptors (Lipinski definition) is 6. The number of nitrogens with zero attached hydrogens (tertiary/aromatic N) is 1. The summed E-state index contributed by atoms with van der Waals surface area (Å²) in [6, 6.07) is 6.51. The maximum atomic E-state index is 12.6. The fourth-order valence-corrected chi connectivity index (χ4v) is 3.82. The third-order valence-electron chi connectivity index (χ3n) is 5.18. The molecule has 0 saturated carbocycles. The Morgan fingerprint density at radius 3 is 2.47 bits per heavy atom. The molecule has 0 aliphatic heterocycles. The first-order valence-corrected chi connectivity index (χ1v) is 9.41. The molecule has 4 rings (SSSR count). The van der Waals surface area contributed by atoms with E-state index in [2.05, 4.69) is 21.0 Å². The minimum atomic E-state index is -0.706. The van der Waals surface area contributed by atoms with E-state index in [0.29, 0.717) is 40.5 Å². The molecular weight excluding hydrogens is 388 g/mol. The van der Waals surface area contributed by atoms with Gasteiger partial charge >= 0.3 is 5.91 Å². The monoisotopic (exact) mass is 408 g/mol. The van der Waals surface area contributed by atoms with Crippen molar-refractivity contribution in [3.8, 4) is 0 Å². The molecule has 0 radical (unpaired) electrons. The molecule has 2 heterocycles. The second-order valence-corrected chi connectivity index (χ2v) is 8.15. The summed E-state index contributed by atoms with van der Waals surface area (Å²) in [5.74, 6) is -0.991. The van der Waals surface area contributed by atoms with Crippen LogP contribution in [0.3, 0.4) is 0 Å². The summed E-state index contributed by atoms with van der Waals surface area (Å²) in [4.78, 5) is 49.4. The number of H-pyrrole nitrogens is 1. The predicted octanol–water partition coefficient (Wildman–Crippen LogP) is 2.05. The van der Waals surface area contributed by atoms with Crippen LogP contribution in [0.25, 0.3) is 10.8 Å². The summed E-state index contributed by atoms with van der Waals surface area (Å²) in [5, 5.41) is 6.70. The quantitative estimate of drug-likeness (QED) is 0.556. The van der Waals surface area contributed by atoms with Gasteiger partial charge in [-0.2, -0.15) is 5.10 Å². The van der Waals surface area contributed by atoms with Crippen LogP contribution in [0, 0.1) is 12.3 Å². The smallest absolute Gasteiger partial charge is 0.305 e. The summed E-state index contributed by atoms with van der Waals surface area (Å²) in [6.07, 6.45) is 0.922. The normalized spacial score (nSPS) is 15.0. The number of ketones is 1. The Morgan fingerprint density at radius 2 is 1.73 bits per heavy atom. The zero-order chi connectivity index (χ0) is 21.6. The molecule has 9 heteroatoms. The highest BCUT2D eigenvalue weighted by molar-refractivity contribution is 6.07. The molecule has 9 nitrogen and oxygen atoms in total. The van der Waals surface area contributed by atoms with Crippen LogP contribution in [-0.4, -0.2) is 27.8 Å². The molecule has 1 aromatic carbocycles. The number of Topliss-reactive ketones (excluding diaryl/α,β-unsaturated/α-hetero) is 1. The van der Waals surface area contributed by atoms with Gasteiger partial charge in [-0.25, -0.2) is 5.10 Å². The van der Waals surface area contributed by atoms with E-state index in [9.17, 15) is 19.2 Å². The van der Waals surface area contributed by atoms with E-state index in [1.165, 1.54) is 0 Å². The van der Waals surface area contributed by atoms with E-state index >= 15 is 0 Å². The lowest BCUT2D eigenvalue weighted by atomic mass is 9.76. The molecule has 0 bridgehead atoms. The molecule has 3 N–H and O–H groups in total. The average molecular weight is 408 g/mol. The molecule has 3 aromatic rings. The van der Waals surface area contributed by atoms with Crippen LogP contribution >= 0.6 is 0 Å². The van der Waals surface area contributed by atoms with Crippen molar-refractivity contribution < 1.29 is 18.8 Å². The largest absolute Gasteiger partial charge is 0.455 e. The number of hydrazine groups is 1. The van der Waals surface area contributed by atoms with E-state index in [1.807, 2.05) is 13.8 Å². The minimum absolute atomic E-state index is 0.0226. The maximum Gasteiger partial charge on any atom is 0.305 e. The fraction of sp³-hybridized carbons (Fsp3) is 0.286. The number of benzene rings is 1. The minimum Gasteiger partial charge on any atom is -0.455 e. The zero-order valence-corrected chi connectivity index (χ0v) is 16.7. The zero-order valence-electron chi connectivity index (χ0n) is 16.7. The predicted molar refractivity (Wildman–Crippen MR) is 107 cm³/mol. The van der Waals surface area contributed by atoms with Crippen molar-refractivity contribution in [1.82, 2.24) is 21.0 Å². The van der Waals surface area contributed by atoms with Crippen LogP contribution in [0.15, 0.2) is 33.5 Å². The number of aromatic amines is 1. The lowest BCUT2D eigenvalue weighted by Gasteiger charge is -2.27. The van der Waals surface area contributed by atoms with Gasteiger partial charge in [0.25, 0.3) is 11.5 Å². The van der Waals surface area contributed by atoms with Crippen molar-refractivity contribution in [3.63, 3.8) is 0 Å². The SMILES string of the molecule is Cc1c(C(=O)NNC(=O)c2n[nH]c(=O)c3ccccc23)oc2c1C(=O)CC(C)(C)C2. The summed E-state index contributed by atoms with van der Waals surface area (Å²) in [6.45, 7) is 5.58. The molecule has 0 fully saturated rings. The number of rotatable bonds is 2. The van der Waals surface area contributed by atoms with Gasteiger partial charge in [0.05, 0.1) is 10.9 Å². The Labute approximate surface area is 170 Å². The summed E-state index contributed by atoms with van der Waals surface area (Å²) >= 11 is 0. The summed E-state index contributed by atoms with van der Waals surface area (Å²) < 4.78 is 5.68. The van der Waals surface area contributed by atoms with E-state index in [4.69, 9.17) is 4.42 Å². The maximum absolute atomic E-state index is 12.6. The first-order valence-electron chi connectivity index (χ1n) is 9.41. The van der Waals surface area contributed by atoms with Crippen molar-refractivity contribution in [3.05, 3.63) is 63.0 Å². The van der Waals surface area contributed by atoms with Crippen molar-refractivity contribution in [2.24, 2.45) is 5.41 Å². The number of furan rings is 1. The van der Waals surface area contributed by atoms with E-state index in [1.54, 1.807) is 31.2 Å². The number of aromatic nitrogens is 2.